The molecule has 1 aliphatic rings. The minimum atomic E-state index is -0.475. The summed E-state index contributed by atoms with van der Waals surface area (Å²) in [4.78, 5) is 29.6. The Hall–Kier alpha value is -3.84. The minimum absolute atomic E-state index is 0.224. The highest BCUT2D eigenvalue weighted by Crippen LogP contribution is 2.32. The maximum atomic E-state index is 12.3. The molecule has 1 N–H and O–H groups in total. The first-order valence-corrected chi connectivity index (χ1v) is 10.2. The number of ether oxygens (including phenoxy) is 2. The van der Waals surface area contributed by atoms with E-state index in [0.717, 1.165) is 11.3 Å². The van der Waals surface area contributed by atoms with E-state index in [0.29, 0.717) is 27.1 Å². The molecule has 1 amide bonds. The second kappa shape index (κ2) is 9.32. The number of carbonyl (C=O) groups is 2. The molecule has 0 atom stereocenters. The van der Waals surface area contributed by atoms with Crippen LogP contribution in [0.1, 0.15) is 15.9 Å². The monoisotopic (exact) mass is 430 g/mol. The van der Waals surface area contributed by atoms with E-state index < -0.39 is 5.97 Å². The zero-order valence-corrected chi connectivity index (χ0v) is 17.4. The molecule has 6 nitrogen and oxygen atoms in total. The second-order valence-corrected chi connectivity index (χ2v) is 7.51. The molecule has 7 heteroatoms. The van der Waals surface area contributed by atoms with Crippen LogP contribution in [0.15, 0.2) is 88.8 Å². The number of hydrogen-bond acceptors (Lipinski definition) is 6. The number of aliphatic imine (C=N–C) groups is 1. The molecule has 0 saturated carbocycles. The van der Waals surface area contributed by atoms with Gasteiger partial charge < -0.3 is 14.8 Å². The highest BCUT2D eigenvalue weighted by Gasteiger charge is 2.24. The number of amides is 1. The number of para-hydroxylation sites is 1. The predicted molar refractivity (Wildman–Crippen MR) is 122 cm³/mol. The van der Waals surface area contributed by atoms with Gasteiger partial charge in [-0.15, -0.1) is 0 Å². The molecule has 0 bridgehead atoms. The number of carbonyl (C=O) groups excluding carboxylic acids is 2. The number of nitrogens with one attached hydrogen (secondary N) is 1. The third kappa shape index (κ3) is 5.02. The molecule has 154 valence electrons. The van der Waals surface area contributed by atoms with Gasteiger partial charge in [0.2, 0.25) is 0 Å². The Morgan fingerprint density at radius 3 is 2.39 bits per heavy atom. The fourth-order valence-corrected chi connectivity index (χ4v) is 3.68. The van der Waals surface area contributed by atoms with E-state index in [9.17, 15) is 9.59 Å². The maximum Gasteiger partial charge on any atom is 0.343 e. The molecule has 1 heterocycles. The molecular weight excluding hydrogens is 412 g/mol. The molecule has 1 saturated heterocycles. The molecule has 0 aromatic heterocycles. The first-order chi connectivity index (χ1) is 15.1. The van der Waals surface area contributed by atoms with Crippen molar-refractivity contribution < 1.29 is 19.1 Å². The van der Waals surface area contributed by atoms with E-state index in [1.807, 2.05) is 36.4 Å². The lowest BCUT2D eigenvalue weighted by atomic mass is 10.2. The third-order valence-electron chi connectivity index (χ3n) is 4.34. The van der Waals surface area contributed by atoms with Crippen LogP contribution in [0.5, 0.6) is 11.5 Å². The zero-order valence-electron chi connectivity index (χ0n) is 16.6. The van der Waals surface area contributed by atoms with Crippen molar-refractivity contribution in [3.8, 4) is 11.5 Å². The van der Waals surface area contributed by atoms with Crippen molar-refractivity contribution in [3.63, 3.8) is 0 Å². The predicted octanol–water partition coefficient (Wildman–Crippen LogP) is 4.81. The lowest BCUT2D eigenvalue weighted by molar-refractivity contribution is -0.115. The molecule has 0 unspecified atom stereocenters. The molecule has 31 heavy (non-hydrogen) atoms. The molecule has 1 aliphatic heterocycles. The molecule has 0 spiro atoms. The molecule has 1 fully saturated rings. The second-order valence-electron chi connectivity index (χ2n) is 6.48. The fourth-order valence-electron chi connectivity index (χ4n) is 2.84. The van der Waals surface area contributed by atoms with Gasteiger partial charge in [0.15, 0.2) is 16.7 Å². The number of rotatable bonds is 5. The van der Waals surface area contributed by atoms with Crippen molar-refractivity contribution >= 4 is 40.6 Å². The van der Waals surface area contributed by atoms with Crippen LogP contribution in [-0.2, 0) is 4.79 Å². The van der Waals surface area contributed by atoms with Crippen LogP contribution in [-0.4, -0.2) is 24.2 Å². The number of amidine groups is 1. The van der Waals surface area contributed by atoms with Gasteiger partial charge in [-0.05, 0) is 59.8 Å². The third-order valence-corrected chi connectivity index (χ3v) is 5.25. The summed E-state index contributed by atoms with van der Waals surface area (Å²) in [5.41, 5.74) is 1.94. The molecule has 3 aromatic carbocycles. The molecule has 4 rings (SSSR count). The van der Waals surface area contributed by atoms with Crippen LogP contribution in [0.3, 0.4) is 0 Å². The van der Waals surface area contributed by atoms with E-state index in [1.54, 1.807) is 48.5 Å². The molecular formula is C24H18N2O4S. The van der Waals surface area contributed by atoms with Gasteiger partial charge in [0, 0.05) is 0 Å². The lowest BCUT2D eigenvalue weighted by Gasteiger charge is -2.10. The highest BCUT2D eigenvalue weighted by molar-refractivity contribution is 8.18. The van der Waals surface area contributed by atoms with E-state index in [2.05, 4.69) is 10.3 Å². The number of esters is 1. The zero-order chi connectivity index (χ0) is 21.6. The average molecular weight is 430 g/mol. The van der Waals surface area contributed by atoms with Crippen LogP contribution in [0, 0.1) is 0 Å². The Bertz CT molecular complexity index is 1170. The summed E-state index contributed by atoms with van der Waals surface area (Å²) in [7, 11) is 1.49. The van der Waals surface area contributed by atoms with Crippen molar-refractivity contribution in [2.75, 3.05) is 7.11 Å². The van der Waals surface area contributed by atoms with E-state index in [4.69, 9.17) is 9.47 Å². The molecule has 3 aromatic rings. The van der Waals surface area contributed by atoms with Gasteiger partial charge in [0.25, 0.3) is 5.91 Å². The smallest absolute Gasteiger partial charge is 0.343 e. The summed E-state index contributed by atoms with van der Waals surface area (Å²) < 4.78 is 10.8. The van der Waals surface area contributed by atoms with Gasteiger partial charge >= 0.3 is 5.97 Å². The highest BCUT2D eigenvalue weighted by atomic mass is 32.2. The summed E-state index contributed by atoms with van der Waals surface area (Å²) >= 11 is 1.26. The number of thioether (sulfide) groups is 1. The number of nitrogens with zero attached hydrogens (tertiary/aromatic N) is 1. The minimum Gasteiger partial charge on any atom is -0.493 e. The Labute approximate surface area is 183 Å². The number of methoxy groups -OCH3 is 1. The number of hydrogen-bond donors (Lipinski definition) is 1. The molecule has 0 radical (unpaired) electrons. The summed E-state index contributed by atoms with van der Waals surface area (Å²) in [5.74, 6) is -0.00991. The van der Waals surface area contributed by atoms with E-state index in [-0.39, 0.29) is 5.91 Å². The van der Waals surface area contributed by atoms with E-state index in [1.165, 1.54) is 18.9 Å². The van der Waals surface area contributed by atoms with Crippen LogP contribution < -0.4 is 14.8 Å². The first kappa shape index (κ1) is 20.4. The standard InChI is InChI=1S/C24H18N2O4S/c1-29-20-14-16(12-13-19(20)30-23(28)17-8-4-2-5-9-17)15-21-22(27)26-24(31-21)25-18-10-6-3-7-11-18/h2-15H,1H3,(H,25,26,27)/b21-15+. The van der Waals surface area contributed by atoms with Crippen LogP contribution in [0.25, 0.3) is 6.08 Å². The summed E-state index contributed by atoms with van der Waals surface area (Å²) in [6, 6.07) is 23.2. The topological polar surface area (TPSA) is 77.0 Å². The van der Waals surface area contributed by atoms with Crippen molar-refractivity contribution in [2.45, 2.75) is 0 Å². The average Bonchev–Trinajstić information content (AvgIpc) is 3.14. The van der Waals surface area contributed by atoms with Gasteiger partial charge in [-0.2, -0.15) is 0 Å². The van der Waals surface area contributed by atoms with Crippen LogP contribution >= 0.6 is 11.8 Å². The number of benzene rings is 3. The first-order valence-electron chi connectivity index (χ1n) is 9.42. The quantitative estimate of drug-likeness (QED) is 0.357. The van der Waals surface area contributed by atoms with Crippen molar-refractivity contribution in [1.29, 1.82) is 0 Å². The van der Waals surface area contributed by atoms with Gasteiger partial charge in [-0.3, -0.25) is 4.79 Å². The van der Waals surface area contributed by atoms with Crippen molar-refractivity contribution in [1.82, 2.24) is 5.32 Å². The van der Waals surface area contributed by atoms with Gasteiger partial charge in [0.05, 0.1) is 23.3 Å². The van der Waals surface area contributed by atoms with Gasteiger partial charge in [0.1, 0.15) is 0 Å². The SMILES string of the molecule is COc1cc(/C=C2/SC(=Nc3ccccc3)NC2=O)ccc1OC(=O)c1ccccc1. The van der Waals surface area contributed by atoms with Crippen molar-refractivity contribution in [3.05, 3.63) is 94.9 Å². The van der Waals surface area contributed by atoms with Gasteiger partial charge in [-0.25, -0.2) is 9.79 Å². The van der Waals surface area contributed by atoms with Crippen LogP contribution in [0.4, 0.5) is 5.69 Å². The fraction of sp³-hybridized carbons (Fsp3) is 0.0417. The maximum absolute atomic E-state index is 12.3. The van der Waals surface area contributed by atoms with Crippen LogP contribution in [0.2, 0.25) is 0 Å². The summed E-state index contributed by atoms with van der Waals surface area (Å²) in [6.07, 6.45) is 1.73. The Kier molecular flexibility index (Phi) is 6.14. The summed E-state index contributed by atoms with van der Waals surface area (Å²) in [5, 5.41) is 3.28. The van der Waals surface area contributed by atoms with Crippen molar-refractivity contribution in [2.24, 2.45) is 4.99 Å². The Morgan fingerprint density at radius 1 is 0.968 bits per heavy atom. The largest absolute Gasteiger partial charge is 0.493 e. The lowest BCUT2D eigenvalue weighted by Crippen LogP contribution is -2.19. The Morgan fingerprint density at radius 2 is 1.68 bits per heavy atom. The van der Waals surface area contributed by atoms with Gasteiger partial charge in [-0.1, -0.05) is 42.5 Å². The normalized spacial score (nSPS) is 15.7. The Balaban J connectivity index is 1.52. The van der Waals surface area contributed by atoms with E-state index >= 15 is 0 Å². The molecule has 0 aliphatic carbocycles. The summed E-state index contributed by atoms with van der Waals surface area (Å²) in [6.45, 7) is 0.